The van der Waals surface area contributed by atoms with E-state index in [1.807, 2.05) is 27.7 Å². The highest BCUT2D eigenvalue weighted by Gasteiger charge is 2.22. The molecule has 5 nitrogen and oxygen atoms in total. The third-order valence-electron chi connectivity index (χ3n) is 3.07. The highest BCUT2D eigenvalue weighted by molar-refractivity contribution is 7.16. The van der Waals surface area contributed by atoms with Gasteiger partial charge in [0.1, 0.15) is 5.60 Å². The van der Waals surface area contributed by atoms with Crippen LogP contribution in [-0.4, -0.2) is 23.2 Å². The molecule has 2 N–H and O–H groups in total. The van der Waals surface area contributed by atoms with Crippen LogP contribution in [-0.2, 0) is 4.74 Å². The summed E-state index contributed by atoms with van der Waals surface area (Å²) in [4.78, 5) is 17.4. The minimum absolute atomic E-state index is 0.371. The van der Waals surface area contributed by atoms with Gasteiger partial charge >= 0.3 is 6.09 Å². The van der Waals surface area contributed by atoms with Crippen molar-refractivity contribution in [3.8, 4) is 0 Å². The zero-order chi connectivity index (χ0) is 14.8. The van der Waals surface area contributed by atoms with Crippen LogP contribution in [0.4, 0.5) is 9.93 Å². The van der Waals surface area contributed by atoms with Gasteiger partial charge in [0.05, 0.1) is 5.69 Å². The van der Waals surface area contributed by atoms with Gasteiger partial charge in [0.15, 0.2) is 5.13 Å². The number of carbonyl (C=O) groups excluding carboxylic acids is 1. The molecule has 1 aliphatic rings. The highest BCUT2D eigenvalue weighted by Crippen LogP contribution is 2.32. The maximum Gasteiger partial charge on any atom is 0.413 e. The number of aryl methyl sites for hydroxylation is 1. The Bertz CT molecular complexity index is 473. The number of thiazole rings is 1. The van der Waals surface area contributed by atoms with E-state index in [0.29, 0.717) is 11.2 Å². The van der Waals surface area contributed by atoms with E-state index in [2.05, 4.69) is 15.6 Å². The first kappa shape index (κ1) is 15.3. The van der Waals surface area contributed by atoms with E-state index in [4.69, 9.17) is 4.74 Å². The second-order valence-electron chi connectivity index (χ2n) is 6.10. The quantitative estimate of drug-likeness (QED) is 0.875. The largest absolute Gasteiger partial charge is 0.444 e. The van der Waals surface area contributed by atoms with Crippen molar-refractivity contribution < 1.29 is 9.53 Å². The summed E-state index contributed by atoms with van der Waals surface area (Å²) in [7, 11) is 0. The summed E-state index contributed by atoms with van der Waals surface area (Å²) < 4.78 is 5.24. The maximum atomic E-state index is 11.7. The summed E-state index contributed by atoms with van der Waals surface area (Å²) in [6.07, 6.45) is 3.16. The molecule has 0 aromatic carbocycles. The SMILES string of the molecule is Cc1nc(NC(=O)OC(C)(C)C)sc1C1CCCCN1. The highest BCUT2D eigenvalue weighted by atomic mass is 32.1. The molecule has 0 spiro atoms. The summed E-state index contributed by atoms with van der Waals surface area (Å²) in [5.74, 6) is 0. The maximum absolute atomic E-state index is 11.7. The molecule has 1 amide bonds. The molecule has 112 valence electrons. The lowest BCUT2D eigenvalue weighted by Gasteiger charge is -2.22. The number of ether oxygens (including phenoxy) is 1. The fourth-order valence-electron chi connectivity index (χ4n) is 2.25. The Balaban J connectivity index is 2.01. The molecule has 0 saturated carbocycles. The first-order chi connectivity index (χ1) is 9.35. The number of nitrogens with one attached hydrogen (secondary N) is 2. The van der Waals surface area contributed by atoms with Crippen molar-refractivity contribution in [2.45, 2.75) is 58.6 Å². The second kappa shape index (κ2) is 6.10. The number of nitrogens with zero attached hydrogens (tertiary/aromatic N) is 1. The van der Waals surface area contributed by atoms with Crippen LogP contribution in [0, 0.1) is 6.92 Å². The number of hydrogen-bond donors (Lipinski definition) is 2. The Labute approximate surface area is 124 Å². The smallest absolute Gasteiger partial charge is 0.413 e. The standard InChI is InChI=1S/C14H23N3O2S/c1-9-11(10-7-5-6-8-15-10)20-12(16-9)17-13(18)19-14(2,3)4/h10,15H,5-8H2,1-4H3,(H,16,17,18). The third kappa shape index (κ3) is 4.18. The van der Waals surface area contributed by atoms with Crippen LogP contribution in [0.1, 0.15) is 56.6 Å². The molecule has 0 aliphatic carbocycles. The van der Waals surface area contributed by atoms with Crippen molar-refractivity contribution in [1.82, 2.24) is 10.3 Å². The van der Waals surface area contributed by atoms with E-state index in [-0.39, 0.29) is 0 Å². The first-order valence-corrected chi connectivity index (χ1v) is 7.87. The molecular weight excluding hydrogens is 274 g/mol. The van der Waals surface area contributed by atoms with Crippen molar-refractivity contribution in [2.24, 2.45) is 0 Å². The molecule has 2 rings (SSSR count). The van der Waals surface area contributed by atoms with Gasteiger partial charge in [-0.05, 0) is 47.1 Å². The van der Waals surface area contributed by atoms with E-state index in [9.17, 15) is 4.79 Å². The Morgan fingerprint density at radius 2 is 2.20 bits per heavy atom. The van der Waals surface area contributed by atoms with Gasteiger partial charge in [-0.2, -0.15) is 0 Å². The van der Waals surface area contributed by atoms with Gasteiger partial charge in [-0.15, -0.1) is 0 Å². The normalized spacial score (nSPS) is 19.7. The molecule has 0 radical (unpaired) electrons. The molecule has 1 fully saturated rings. The summed E-state index contributed by atoms with van der Waals surface area (Å²) in [6, 6.07) is 0.371. The van der Waals surface area contributed by atoms with Crippen molar-refractivity contribution >= 4 is 22.6 Å². The molecule has 2 heterocycles. The molecular formula is C14H23N3O2S. The molecule has 1 saturated heterocycles. The molecule has 1 aromatic heterocycles. The molecule has 1 unspecified atom stereocenters. The average molecular weight is 297 g/mol. The average Bonchev–Trinajstić information content (AvgIpc) is 2.68. The minimum atomic E-state index is -0.496. The number of rotatable bonds is 2. The van der Waals surface area contributed by atoms with Crippen LogP contribution >= 0.6 is 11.3 Å². The van der Waals surface area contributed by atoms with Gasteiger partial charge in [0, 0.05) is 10.9 Å². The van der Waals surface area contributed by atoms with Gasteiger partial charge in [0.2, 0.25) is 0 Å². The lowest BCUT2D eigenvalue weighted by molar-refractivity contribution is 0.0636. The zero-order valence-corrected chi connectivity index (χ0v) is 13.4. The van der Waals surface area contributed by atoms with E-state index >= 15 is 0 Å². The molecule has 6 heteroatoms. The Kier molecular flexibility index (Phi) is 4.65. The Morgan fingerprint density at radius 3 is 2.80 bits per heavy atom. The molecule has 1 aromatic rings. The van der Waals surface area contributed by atoms with Gasteiger partial charge in [0.25, 0.3) is 0 Å². The molecule has 0 bridgehead atoms. The zero-order valence-electron chi connectivity index (χ0n) is 12.6. The fraction of sp³-hybridized carbons (Fsp3) is 0.714. The molecule has 1 aliphatic heterocycles. The summed E-state index contributed by atoms with van der Waals surface area (Å²) in [5.41, 5.74) is 0.491. The van der Waals surface area contributed by atoms with Crippen LogP contribution in [0.25, 0.3) is 0 Å². The van der Waals surface area contributed by atoms with Crippen molar-refractivity contribution in [3.05, 3.63) is 10.6 Å². The van der Waals surface area contributed by atoms with Crippen LogP contribution < -0.4 is 10.6 Å². The monoisotopic (exact) mass is 297 g/mol. The van der Waals surface area contributed by atoms with Crippen molar-refractivity contribution in [3.63, 3.8) is 0 Å². The Morgan fingerprint density at radius 1 is 1.45 bits per heavy atom. The van der Waals surface area contributed by atoms with E-state index in [1.165, 1.54) is 29.1 Å². The predicted molar refractivity (Wildman–Crippen MR) is 81.3 cm³/mol. The van der Waals surface area contributed by atoms with Gasteiger partial charge < -0.3 is 10.1 Å². The number of hydrogen-bond acceptors (Lipinski definition) is 5. The Hall–Kier alpha value is -1.14. The first-order valence-electron chi connectivity index (χ1n) is 7.06. The summed E-state index contributed by atoms with van der Waals surface area (Å²) in [6.45, 7) is 8.57. The van der Waals surface area contributed by atoms with Crippen LogP contribution in [0.5, 0.6) is 0 Å². The summed E-state index contributed by atoms with van der Waals surface area (Å²) in [5, 5.41) is 6.84. The van der Waals surface area contributed by atoms with Crippen molar-refractivity contribution in [2.75, 3.05) is 11.9 Å². The lowest BCUT2D eigenvalue weighted by Crippen LogP contribution is -2.27. The number of anilines is 1. The lowest BCUT2D eigenvalue weighted by atomic mass is 10.0. The second-order valence-corrected chi connectivity index (χ2v) is 7.13. The van der Waals surface area contributed by atoms with Crippen LogP contribution in [0.2, 0.25) is 0 Å². The van der Waals surface area contributed by atoms with Crippen molar-refractivity contribution in [1.29, 1.82) is 0 Å². The van der Waals surface area contributed by atoms with Gasteiger partial charge in [-0.25, -0.2) is 9.78 Å². The predicted octanol–water partition coefficient (Wildman–Crippen LogP) is 3.61. The van der Waals surface area contributed by atoms with Crippen LogP contribution in [0.15, 0.2) is 0 Å². The number of aromatic nitrogens is 1. The topological polar surface area (TPSA) is 63.2 Å². The molecule has 1 atom stereocenters. The number of piperidine rings is 1. The van der Waals surface area contributed by atoms with E-state index in [1.54, 1.807) is 0 Å². The van der Waals surface area contributed by atoms with Gasteiger partial charge in [-0.1, -0.05) is 17.8 Å². The third-order valence-corrected chi connectivity index (χ3v) is 4.25. The fourth-order valence-corrected chi connectivity index (χ4v) is 3.31. The van der Waals surface area contributed by atoms with E-state index < -0.39 is 11.7 Å². The molecule has 20 heavy (non-hydrogen) atoms. The van der Waals surface area contributed by atoms with Gasteiger partial charge in [-0.3, -0.25) is 5.32 Å². The summed E-state index contributed by atoms with van der Waals surface area (Å²) >= 11 is 1.53. The minimum Gasteiger partial charge on any atom is -0.444 e. The number of amides is 1. The van der Waals surface area contributed by atoms with Crippen LogP contribution in [0.3, 0.4) is 0 Å². The van der Waals surface area contributed by atoms with E-state index in [0.717, 1.165) is 18.7 Å². The number of carbonyl (C=O) groups is 1.